The minimum Gasteiger partial charge on any atom is -0.340 e. The molecule has 2 aliphatic rings. The van der Waals surface area contributed by atoms with Crippen molar-refractivity contribution in [2.45, 2.75) is 31.6 Å². The molecular weight excluding hydrogens is 319 g/mol. The van der Waals surface area contributed by atoms with Crippen LogP contribution in [-0.4, -0.2) is 54.1 Å². The number of benzene rings is 1. The Hall–Kier alpha value is -1.60. The molecule has 0 bridgehead atoms. The molecule has 1 unspecified atom stereocenters. The first-order valence-corrected chi connectivity index (χ1v) is 8.20. The first kappa shape index (κ1) is 17.2. The third-order valence-electron chi connectivity index (χ3n) is 5.06. The molecule has 0 aromatic heterocycles. The average Bonchev–Trinajstić information content (AvgIpc) is 3.14. The molecule has 4 nitrogen and oxygen atoms in total. The Bertz CT molecular complexity index is 592. The van der Waals surface area contributed by atoms with Crippen molar-refractivity contribution in [3.05, 3.63) is 35.9 Å². The van der Waals surface area contributed by atoms with Crippen molar-refractivity contribution >= 4 is 5.91 Å². The number of rotatable bonds is 3. The Morgan fingerprint density at radius 2 is 1.96 bits per heavy atom. The first-order chi connectivity index (χ1) is 11.3. The average molecular weight is 341 g/mol. The lowest BCUT2D eigenvalue weighted by atomic mass is 9.84. The molecule has 0 radical (unpaired) electrons. The highest BCUT2D eigenvalue weighted by atomic mass is 19.4. The maximum Gasteiger partial charge on any atom is 0.404 e. The Labute approximate surface area is 139 Å². The van der Waals surface area contributed by atoms with E-state index in [2.05, 4.69) is 0 Å². The Kier molecular flexibility index (Phi) is 4.57. The lowest BCUT2D eigenvalue weighted by Gasteiger charge is -2.34. The van der Waals surface area contributed by atoms with E-state index in [9.17, 15) is 18.0 Å². The number of nitrogens with zero attached hydrogens (tertiary/aromatic N) is 2. The highest BCUT2D eigenvalue weighted by Gasteiger charge is 2.64. The summed E-state index contributed by atoms with van der Waals surface area (Å²) in [4.78, 5) is 15.7. The number of likely N-dealkylation sites (tertiary alicyclic amines) is 2. The van der Waals surface area contributed by atoms with E-state index < -0.39 is 17.5 Å². The van der Waals surface area contributed by atoms with E-state index in [-0.39, 0.29) is 32.1 Å². The van der Waals surface area contributed by atoms with Gasteiger partial charge in [0.25, 0.3) is 0 Å². The molecule has 7 heteroatoms. The zero-order valence-corrected chi connectivity index (χ0v) is 13.4. The predicted molar refractivity (Wildman–Crippen MR) is 84.0 cm³/mol. The molecule has 2 atom stereocenters. The second kappa shape index (κ2) is 6.37. The first-order valence-electron chi connectivity index (χ1n) is 8.20. The van der Waals surface area contributed by atoms with Gasteiger partial charge in [0.15, 0.2) is 5.41 Å². The molecule has 2 saturated heterocycles. The van der Waals surface area contributed by atoms with Gasteiger partial charge in [-0.2, -0.15) is 13.2 Å². The molecule has 0 saturated carbocycles. The summed E-state index contributed by atoms with van der Waals surface area (Å²) in [6.07, 6.45) is -4.18. The maximum absolute atomic E-state index is 13.8. The number of amides is 1. The van der Waals surface area contributed by atoms with Gasteiger partial charge >= 0.3 is 6.18 Å². The Morgan fingerprint density at radius 1 is 1.25 bits per heavy atom. The highest BCUT2D eigenvalue weighted by Crippen LogP contribution is 2.47. The summed E-state index contributed by atoms with van der Waals surface area (Å²) in [7, 11) is 0. The monoisotopic (exact) mass is 341 g/mol. The van der Waals surface area contributed by atoms with Crippen molar-refractivity contribution in [2.75, 3.05) is 26.2 Å². The molecule has 2 N–H and O–H groups in total. The Balaban J connectivity index is 1.77. The van der Waals surface area contributed by atoms with Crippen molar-refractivity contribution < 1.29 is 18.0 Å². The van der Waals surface area contributed by atoms with Gasteiger partial charge in [-0.25, -0.2) is 0 Å². The fourth-order valence-corrected chi connectivity index (χ4v) is 3.67. The van der Waals surface area contributed by atoms with Gasteiger partial charge in [-0.15, -0.1) is 0 Å². The topological polar surface area (TPSA) is 49.6 Å². The second-order valence-electron chi connectivity index (χ2n) is 6.83. The van der Waals surface area contributed by atoms with Crippen molar-refractivity contribution in [2.24, 2.45) is 11.1 Å². The van der Waals surface area contributed by atoms with Crippen molar-refractivity contribution in [1.29, 1.82) is 0 Å². The van der Waals surface area contributed by atoms with Crippen LogP contribution in [0.25, 0.3) is 0 Å². The van der Waals surface area contributed by atoms with Crippen molar-refractivity contribution in [3.63, 3.8) is 0 Å². The molecule has 1 aromatic carbocycles. The lowest BCUT2D eigenvalue weighted by molar-refractivity contribution is -0.223. The number of nitrogens with two attached hydrogens (primary N) is 1. The standard InChI is InChI=1S/C17H22F3N3O/c18-17(19,20)16(15(24)23-8-6-14(21)11-23)7-9-22(12-16)10-13-4-2-1-3-5-13/h1-5,14H,6-12,21H2/t14-,16?/m1/s1. The summed E-state index contributed by atoms with van der Waals surface area (Å²) < 4.78 is 41.5. The van der Waals surface area contributed by atoms with Crippen LogP contribution in [0.5, 0.6) is 0 Å². The predicted octanol–water partition coefficient (Wildman–Crippen LogP) is 2.00. The summed E-state index contributed by atoms with van der Waals surface area (Å²) >= 11 is 0. The van der Waals surface area contributed by atoms with Crippen LogP contribution in [0.3, 0.4) is 0 Å². The molecule has 132 valence electrons. The van der Waals surface area contributed by atoms with Crippen LogP contribution in [0.15, 0.2) is 30.3 Å². The third kappa shape index (κ3) is 3.15. The van der Waals surface area contributed by atoms with E-state index in [4.69, 9.17) is 5.73 Å². The molecule has 1 amide bonds. The lowest BCUT2D eigenvalue weighted by Crippen LogP contribution is -2.53. The van der Waals surface area contributed by atoms with E-state index >= 15 is 0 Å². The second-order valence-corrected chi connectivity index (χ2v) is 6.83. The van der Waals surface area contributed by atoms with E-state index in [1.165, 1.54) is 4.90 Å². The number of hydrogen-bond donors (Lipinski definition) is 1. The van der Waals surface area contributed by atoms with E-state index in [1.54, 1.807) is 4.90 Å². The molecule has 3 rings (SSSR count). The third-order valence-corrected chi connectivity index (χ3v) is 5.06. The fourth-order valence-electron chi connectivity index (χ4n) is 3.67. The zero-order chi connectivity index (χ0) is 17.4. The van der Waals surface area contributed by atoms with E-state index in [1.807, 2.05) is 30.3 Å². The van der Waals surface area contributed by atoms with Gasteiger partial charge in [-0.3, -0.25) is 9.69 Å². The van der Waals surface area contributed by atoms with Gasteiger partial charge in [0.1, 0.15) is 0 Å². The SMILES string of the molecule is N[C@@H]1CCN(C(=O)C2(C(F)(F)F)CCN(Cc3ccccc3)C2)C1. The number of hydrogen-bond acceptors (Lipinski definition) is 3. The van der Waals surface area contributed by atoms with Gasteiger partial charge < -0.3 is 10.6 Å². The fraction of sp³-hybridized carbons (Fsp3) is 0.588. The molecular formula is C17H22F3N3O. The van der Waals surface area contributed by atoms with E-state index in [0.717, 1.165) is 5.56 Å². The minimum atomic E-state index is -4.55. The molecule has 1 aromatic rings. The van der Waals surface area contributed by atoms with Gasteiger partial charge in [0.2, 0.25) is 5.91 Å². The number of carbonyl (C=O) groups excluding carboxylic acids is 1. The molecule has 24 heavy (non-hydrogen) atoms. The molecule has 2 aliphatic heterocycles. The molecule has 0 aliphatic carbocycles. The summed E-state index contributed by atoms with van der Waals surface area (Å²) in [5.74, 6) is -0.807. The van der Waals surface area contributed by atoms with Gasteiger partial charge in [-0.05, 0) is 24.9 Å². The van der Waals surface area contributed by atoms with Gasteiger partial charge in [0.05, 0.1) is 0 Å². The van der Waals surface area contributed by atoms with E-state index in [0.29, 0.717) is 19.5 Å². The van der Waals surface area contributed by atoms with Crippen molar-refractivity contribution in [1.82, 2.24) is 9.80 Å². The van der Waals surface area contributed by atoms with Crippen LogP contribution < -0.4 is 5.73 Å². The van der Waals surface area contributed by atoms with Crippen LogP contribution in [-0.2, 0) is 11.3 Å². The molecule has 0 spiro atoms. The van der Waals surface area contributed by atoms with Crippen LogP contribution in [0.2, 0.25) is 0 Å². The smallest absolute Gasteiger partial charge is 0.340 e. The van der Waals surface area contributed by atoms with Crippen LogP contribution in [0.4, 0.5) is 13.2 Å². The summed E-state index contributed by atoms with van der Waals surface area (Å²) in [6.45, 7) is 0.938. The highest BCUT2D eigenvalue weighted by molar-refractivity contribution is 5.84. The minimum absolute atomic E-state index is 0.187. The molecule has 2 heterocycles. The zero-order valence-electron chi connectivity index (χ0n) is 13.4. The number of alkyl halides is 3. The summed E-state index contributed by atoms with van der Waals surface area (Å²) in [5, 5.41) is 0. The molecule has 2 fully saturated rings. The van der Waals surface area contributed by atoms with Crippen LogP contribution in [0.1, 0.15) is 18.4 Å². The summed E-state index contributed by atoms with van der Waals surface area (Å²) in [6, 6.07) is 9.14. The van der Waals surface area contributed by atoms with Crippen molar-refractivity contribution in [3.8, 4) is 0 Å². The number of halogens is 3. The summed E-state index contributed by atoms with van der Waals surface area (Å²) in [5.41, 5.74) is 4.41. The van der Waals surface area contributed by atoms with Gasteiger partial charge in [-0.1, -0.05) is 30.3 Å². The largest absolute Gasteiger partial charge is 0.404 e. The number of carbonyl (C=O) groups is 1. The quantitative estimate of drug-likeness (QED) is 0.915. The van der Waals surface area contributed by atoms with Crippen LogP contribution in [0, 0.1) is 5.41 Å². The van der Waals surface area contributed by atoms with Gasteiger partial charge in [0, 0.05) is 32.2 Å². The normalized spacial score (nSPS) is 28.5. The maximum atomic E-state index is 13.8. The Morgan fingerprint density at radius 3 is 2.54 bits per heavy atom. The van der Waals surface area contributed by atoms with Crippen LogP contribution >= 0.6 is 0 Å².